The van der Waals surface area contributed by atoms with Crippen molar-refractivity contribution < 1.29 is 13.9 Å². The van der Waals surface area contributed by atoms with Crippen molar-refractivity contribution in [2.45, 2.75) is 19.3 Å². The summed E-state index contributed by atoms with van der Waals surface area (Å²) in [6.45, 7) is 3.68. The van der Waals surface area contributed by atoms with Crippen LogP contribution in [0.5, 0.6) is 0 Å². The van der Waals surface area contributed by atoms with Crippen LogP contribution in [-0.2, 0) is 4.74 Å². The molecule has 7 heteroatoms. The number of fused-ring (bicyclic) bond motifs is 1. The van der Waals surface area contributed by atoms with Gasteiger partial charge in [0, 0.05) is 22.2 Å². The Balaban J connectivity index is 1.43. The highest BCUT2D eigenvalue weighted by Gasteiger charge is 2.15. The van der Waals surface area contributed by atoms with Crippen molar-refractivity contribution in [3.63, 3.8) is 0 Å². The molecule has 5 nitrogen and oxygen atoms in total. The van der Waals surface area contributed by atoms with Gasteiger partial charge in [-0.15, -0.1) is 0 Å². The van der Waals surface area contributed by atoms with E-state index in [9.17, 15) is 4.79 Å². The number of rotatable bonds is 6. The third-order valence-electron chi connectivity index (χ3n) is 4.78. The fourth-order valence-electron chi connectivity index (χ4n) is 3.39. The second-order valence-electron chi connectivity index (χ2n) is 6.90. The number of benzene rings is 2. The number of aromatic nitrogens is 1. The molecule has 1 fully saturated rings. The summed E-state index contributed by atoms with van der Waals surface area (Å²) in [5, 5.41) is 1.01. The molecule has 0 amide bonds. The number of halogens is 2. The lowest BCUT2D eigenvalue weighted by molar-refractivity contribution is 0.0491. The van der Waals surface area contributed by atoms with Gasteiger partial charge in [-0.2, -0.15) is 0 Å². The lowest BCUT2D eigenvalue weighted by Crippen LogP contribution is -2.22. The molecule has 0 bridgehead atoms. The van der Waals surface area contributed by atoms with E-state index in [2.05, 4.69) is 9.88 Å². The minimum atomic E-state index is -0.355. The highest BCUT2D eigenvalue weighted by molar-refractivity contribution is 6.35. The molecule has 0 aliphatic carbocycles. The molecule has 3 aromatic rings. The van der Waals surface area contributed by atoms with Gasteiger partial charge in [-0.1, -0.05) is 23.2 Å². The summed E-state index contributed by atoms with van der Waals surface area (Å²) in [4.78, 5) is 19.2. The fourth-order valence-corrected chi connectivity index (χ4v) is 3.92. The highest BCUT2D eigenvalue weighted by atomic mass is 35.5. The van der Waals surface area contributed by atoms with Crippen molar-refractivity contribution in [3.8, 4) is 11.5 Å². The molecule has 0 spiro atoms. The first-order chi connectivity index (χ1) is 13.6. The molecule has 0 unspecified atom stereocenters. The lowest BCUT2D eigenvalue weighted by Gasteiger charge is -2.13. The van der Waals surface area contributed by atoms with Gasteiger partial charge < -0.3 is 14.1 Å². The van der Waals surface area contributed by atoms with E-state index >= 15 is 0 Å². The second-order valence-corrected chi connectivity index (χ2v) is 7.77. The van der Waals surface area contributed by atoms with Crippen LogP contribution >= 0.6 is 23.2 Å². The molecule has 1 aliphatic rings. The molecule has 4 rings (SSSR count). The maximum absolute atomic E-state index is 12.3. The van der Waals surface area contributed by atoms with E-state index in [0.29, 0.717) is 44.8 Å². The van der Waals surface area contributed by atoms with E-state index in [0.717, 1.165) is 26.1 Å². The van der Waals surface area contributed by atoms with Crippen LogP contribution in [0.3, 0.4) is 0 Å². The van der Waals surface area contributed by atoms with Gasteiger partial charge >= 0.3 is 5.97 Å². The summed E-state index contributed by atoms with van der Waals surface area (Å²) < 4.78 is 11.2. The molecule has 1 aliphatic heterocycles. The Morgan fingerprint density at radius 3 is 2.61 bits per heavy atom. The smallest absolute Gasteiger partial charge is 0.338 e. The quantitative estimate of drug-likeness (QED) is 0.393. The van der Waals surface area contributed by atoms with Gasteiger partial charge in [0.05, 0.1) is 12.2 Å². The van der Waals surface area contributed by atoms with Crippen molar-refractivity contribution in [2.75, 3.05) is 26.2 Å². The third kappa shape index (κ3) is 4.49. The number of carbonyl (C=O) groups is 1. The van der Waals surface area contributed by atoms with Crippen molar-refractivity contribution in [1.82, 2.24) is 9.88 Å². The van der Waals surface area contributed by atoms with Crippen LogP contribution in [0.4, 0.5) is 0 Å². The van der Waals surface area contributed by atoms with E-state index in [1.807, 2.05) is 0 Å². The van der Waals surface area contributed by atoms with Crippen LogP contribution in [0.2, 0.25) is 10.0 Å². The topological polar surface area (TPSA) is 55.6 Å². The summed E-state index contributed by atoms with van der Waals surface area (Å²) >= 11 is 12.1. The van der Waals surface area contributed by atoms with Crippen LogP contribution in [-0.4, -0.2) is 42.1 Å². The third-order valence-corrected chi connectivity index (χ3v) is 5.22. The maximum Gasteiger partial charge on any atom is 0.338 e. The second kappa shape index (κ2) is 8.52. The zero-order valence-electron chi connectivity index (χ0n) is 15.3. The fraction of sp³-hybridized carbons (Fsp3) is 0.333. The van der Waals surface area contributed by atoms with Crippen molar-refractivity contribution in [1.29, 1.82) is 0 Å². The van der Waals surface area contributed by atoms with Gasteiger partial charge in [0.1, 0.15) is 5.52 Å². The van der Waals surface area contributed by atoms with Gasteiger partial charge in [-0.3, -0.25) is 0 Å². The Kier molecular flexibility index (Phi) is 5.85. The molecule has 2 aromatic carbocycles. The Morgan fingerprint density at radius 1 is 1.11 bits per heavy atom. The molecular weight excluding hydrogens is 399 g/mol. The van der Waals surface area contributed by atoms with Crippen LogP contribution in [0.25, 0.3) is 22.6 Å². The average molecular weight is 419 g/mol. The summed E-state index contributed by atoms with van der Waals surface area (Å²) in [7, 11) is 0. The van der Waals surface area contributed by atoms with Gasteiger partial charge in [0.25, 0.3) is 0 Å². The van der Waals surface area contributed by atoms with Crippen LogP contribution in [0.1, 0.15) is 29.6 Å². The van der Waals surface area contributed by atoms with Crippen molar-refractivity contribution >= 4 is 40.3 Å². The number of hydrogen-bond donors (Lipinski definition) is 0. The van der Waals surface area contributed by atoms with Crippen LogP contribution in [0, 0.1) is 0 Å². The normalized spacial score (nSPS) is 14.6. The van der Waals surface area contributed by atoms with Crippen molar-refractivity contribution in [3.05, 3.63) is 52.0 Å². The number of ether oxygens (including phenoxy) is 1. The molecule has 2 heterocycles. The summed E-state index contributed by atoms with van der Waals surface area (Å²) in [6, 6.07) is 10.2. The number of nitrogens with zero attached hydrogens (tertiary/aromatic N) is 2. The van der Waals surface area contributed by atoms with E-state index in [1.165, 1.54) is 12.8 Å². The lowest BCUT2D eigenvalue weighted by atomic mass is 10.2. The molecule has 0 saturated carbocycles. The zero-order chi connectivity index (χ0) is 19.5. The van der Waals surface area contributed by atoms with E-state index in [4.69, 9.17) is 32.4 Å². The minimum Gasteiger partial charge on any atom is -0.462 e. The van der Waals surface area contributed by atoms with Gasteiger partial charge in [-0.05, 0) is 68.8 Å². The number of carbonyl (C=O) groups excluding carboxylic acids is 1. The van der Waals surface area contributed by atoms with Crippen molar-refractivity contribution in [2.24, 2.45) is 0 Å². The molecule has 0 radical (unpaired) electrons. The maximum atomic E-state index is 12.3. The first kappa shape index (κ1) is 19.2. The Bertz CT molecular complexity index is 976. The van der Waals surface area contributed by atoms with Gasteiger partial charge in [0.2, 0.25) is 5.89 Å². The highest BCUT2D eigenvalue weighted by Crippen LogP contribution is 2.29. The summed E-state index contributed by atoms with van der Waals surface area (Å²) in [5.74, 6) is 0.0441. The standard InChI is InChI=1S/C21H20Cl2N2O3/c22-16-10-15(11-17(23)13-16)20-24-18-5-4-14(12-19(18)28-20)21(26)27-9-3-8-25-6-1-2-7-25/h4-5,10-13H,1-3,6-9H2. The average Bonchev–Trinajstić information content (AvgIpc) is 3.33. The monoisotopic (exact) mass is 418 g/mol. The number of oxazole rings is 1. The van der Waals surface area contributed by atoms with E-state index in [1.54, 1.807) is 36.4 Å². The molecule has 0 N–H and O–H groups in total. The molecule has 1 saturated heterocycles. The first-order valence-corrected chi connectivity index (χ1v) is 10.1. The molecule has 0 atom stereocenters. The Morgan fingerprint density at radius 2 is 1.86 bits per heavy atom. The van der Waals surface area contributed by atoms with Gasteiger partial charge in [-0.25, -0.2) is 9.78 Å². The molecule has 28 heavy (non-hydrogen) atoms. The number of esters is 1. The summed E-state index contributed by atoms with van der Waals surface area (Å²) in [5.41, 5.74) is 2.29. The Hall–Kier alpha value is -2.08. The van der Waals surface area contributed by atoms with E-state index in [-0.39, 0.29) is 5.97 Å². The number of likely N-dealkylation sites (tertiary alicyclic amines) is 1. The predicted molar refractivity (Wildman–Crippen MR) is 110 cm³/mol. The summed E-state index contributed by atoms with van der Waals surface area (Å²) in [6.07, 6.45) is 3.37. The minimum absolute atomic E-state index is 0.355. The largest absolute Gasteiger partial charge is 0.462 e. The first-order valence-electron chi connectivity index (χ1n) is 9.35. The van der Waals surface area contributed by atoms with Gasteiger partial charge in [0.15, 0.2) is 5.58 Å². The zero-order valence-corrected chi connectivity index (χ0v) is 16.8. The predicted octanol–water partition coefficient (Wildman–Crippen LogP) is 5.44. The molecule has 146 valence electrons. The van der Waals surface area contributed by atoms with Crippen LogP contribution < -0.4 is 0 Å². The number of hydrogen-bond acceptors (Lipinski definition) is 5. The molecule has 1 aromatic heterocycles. The Labute approximate surface area is 173 Å². The van der Waals surface area contributed by atoms with Crippen LogP contribution in [0.15, 0.2) is 40.8 Å². The SMILES string of the molecule is O=C(OCCCN1CCCC1)c1ccc2nc(-c3cc(Cl)cc(Cl)c3)oc2c1. The van der Waals surface area contributed by atoms with E-state index < -0.39 is 0 Å². The molecular formula is C21H20Cl2N2O3.